The average Bonchev–Trinajstić information content (AvgIpc) is 2.77. The molecule has 102 valence electrons. The SMILES string of the molecule is CCCNC(=O)C1(C)c2ccccc2-c2ncccc21. The molecule has 3 heteroatoms. The first-order valence-electron chi connectivity index (χ1n) is 7.03. The molecule has 0 spiro atoms. The van der Waals surface area contributed by atoms with E-state index in [2.05, 4.69) is 17.2 Å². The van der Waals surface area contributed by atoms with Gasteiger partial charge in [-0.3, -0.25) is 9.78 Å². The maximum atomic E-state index is 12.7. The van der Waals surface area contributed by atoms with Crippen molar-refractivity contribution >= 4 is 5.91 Å². The Balaban J connectivity index is 2.18. The summed E-state index contributed by atoms with van der Waals surface area (Å²) in [5.74, 6) is 0.0542. The molecule has 1 amide bonds. The third kappa shape index (κ3) is 1.66. The maximum absolute atomic E-state index is 12.7. The fourth-order valence-electron chi connectivity index (χ4n) is 2.95. The van der Waals surface area contributed by atoms with Gasteiger partial charge in [-0.05, 0) is 30.5 Å². The van der Waals surface area contributed by atoms with Crippen molar-refractivity contribution in [2.24, 2.45) is 0 Å². The Morgan fingerprint density at radius 2 is 1.95 bits per heavy atom. The molecule has 0 saturated heterocycles. The third-order valence-corrected chi connectivity index (χ3v) is 4.06. The van der Waals surface area contributed by atoms with Gasteiger partial charge in [0.2, 0.25) is 5.91 Å². The molecule has 1 N–H and O–H groups in total. The summed E-state index contributed by atoms with van der Waals surface area (Å²) in [5.41, 5.74) is 3.39. The van der Waals surface area contributed by atoms with Gasteiger partial charge in [-0.2, -0.15) is 0 Å². The van der Waals surface area contributed by atoms with Crippen LogP contribution in [0.15, 0.2) is 42.6 Å². The van der Waals surface area contributed by atoms with Crippen LogP contribution in [-0.2, 0) is 10.2 Å². The van der Waals surface area contributed by atoms with Crippen molar-refractivity contribution in [1.29, 1.82) is 0 Å². The van der Waals surface area contributed by atoms with E-state index in [1.807, 2.05) is 43.3 Å². The number of pyridine rings is 1. The first-order valence-corrected chi connectivity index (χ1v) is 7.03. The number of aromatic nitrogens is 1. The van der Waals surface area contributed by atoms with E-state index in [9.17, 15) is 4.79 Å². The lowest BCUT2D eigenvalue weighted by molar-refractivity contribution is -0.124. The highest BCUT2D eigenvalue weighted by Gasteiger charge is 2.45. The van der Waals surface area contributed by atoms with Gasteiger partial charge in [0.1, 0.15) is 0 Å². The minimum Gasteiger partial charge on any atom is -0.355 e. The lowest BCUT2D eigenvalue weighted by atomic mass is 9.79. The van der Waals surface area contributed by atoms with Crippen molar-refractivity contribution in [3.05, 3.63) is 53.7 Å². The molecule has 1 unspecified atom stereocenters. The Morgan fingerprint density at radius 3 is 2.75 bits per heavy atom. The lowest BCUT2D eigenvalue weighted by Crippen LogP contribution is -2.42. The van der Waals surface area contributed by atoms with Gasteiger partial charge in [-0.25, -0.2) is 0 Å². The second-order valence-corrected chi connectivity index (χ2v) is 5.33. The molecule has 2 aromatic rings. The largest absolute Gasteiger partial charge is 0.355 e. The van der Waals surface area contributed by atoms with Crippen LogP contribution in [0.3, 0.4) is 0 Å². The van der Waals surface area contributed by atoms with E-state index in [-0.39, 0.29) is 5.91 Å². The summed E-state index contributed by atoms with van der Waals surface area (Å²) >= 11 is 0. The van der Waals surface area contributed by atoms with Crippen LogP contribution in [0.25, 0.3) is 11.3 Å². The van der Waals surface area contributed by atoms with E-state index >= 15 is 0 Å². The van der Waals surface area contributed by atoms with Crippen molar-refractivity contribution in [2.45, 2.75) is 25.7 Å². The van der Waals surface area contributed by atoms with Crippen molar-refractivity contribution in [3.63, 3.8) is 0 Å². The molecule has 0 bridgehead atoms. The van der Waals surface area contributed by atoms with Crippen molar-refractivity contribution in [3.8, 4) is 11.3 Å². The van der Waals surface area contributed by atoms with Crippen LogP contribution >= 0.6 is 0 Å². The van der Waals surface area contributed by atoms with Gasteiger partial charge in [-0.1, -0.05) is 37.3 Å². The van der Waals surface area contributed by atoms with Crippen LogP contribution in [0, 0.1) is 0 Å². The number of carbonyl (C=O) groups excluding carboxylic acids is 1. The molecule has 20 heavy (non-hydrogen) atoms. The Bertz CT molecular complexity index is 618. The van der Waals surface area contributed by atoms with E-state index in [1.165, 1.54) is 0 Å². The Kier molecular flexibility index (Phi) is 3.05. The summed E-state index contributed by atoms with van der Waals surface area (Å²) in [6, 6.07) is 12.0. The smallest absolute Gasteiger partial charge is 0.234 e. The van der Waals surface area contributed by atoms with Crippen LogP contribution < -0.4 is 5.32 Å². The van der Waals surface area contributed by atoms with E-state index in [0.717, 1.165) is 28.8 Å². The molecule has 0 aliphatic heterocycles. The Labute approximate surface area is 119 Å². The van der Waals surface area contributed by atoms with Crippen LogP contribution in [0.4, 0.5) is 0 Å². The summed E-state index contributed by atoms with van der Waals surface area (Å²) in [6.07, 6.45) is 2.72. The van der Waals surface area contributed by atoms with Crippen LogP contribution in [-0.4, -0.2) is 17.4 Å². The number of amides is 1. The number of rotatable bonds is 3. The van der Waals surface area contributed by atoms with E-state index < -0.39 is 5.41 Å². The van der Waals surface area contributed by atoms with Crippen LogP contribution in [0.5, 0.6) is 0 Å². The van der Waals surface area contributed by atoms with Crippen LogP contribution in [0.2, 0.25) is 0 Å². The number of nitrogens with one attached hydrogen (secondary N) is 1. The topological polar surface area (TPSA) is 42.0 Å². The highest BCUT2D eigenvalue weighted by atomic mass is 16.2. The second-order valence-electron chi connectivity index (χ2n) is 5.33. The van der Waals surface area contributed by atoms with Crippen molar-refractivity contribution < 1.29 is 4.79 Å². The molecule has 3 rings (SSSR count). The van der Waals surface area contributed by atoms with Gasteiger partial charge in [0, 0.05) is 18.3 Å². The molecule has 1 aliphatic rings. The van der Waals surface area contributed by atoms with E-state index in [0.29, 0.717) is 6.54 Å². The van der Waals surface area contributed by atoms with E-state index in [4.69, 9.17) is 0 Å². The van der Waals surface area contributed by atoms with Gasteiger partial charge in [0.25, 0.3) is 0 Å². The van der Waals surface area contributed by atoms with Gasteiger partial charge in [0.05, 0.1) is 11.1 Å². The Hall–Kier alpha value is -2.16. The summed E-state index contributed by atoms with van der Waals surface area (Å²) < 4.78 is 0. The average molecular weight is 266 g/mol. The summed E-state index contributed by atoms with van der Waals surface area (Å²) in [4.78, 5) is 17.2. The number of fused-ring (bicyclic) bond motifs is 3. The van der Waals surface area contributed by atoms with E-state index in [1.54, 1.807) is 6.20 Å². The van der Waals surface area contributed by atoms with Gasteiger partial charge < -0.3 is 5.32 Å². The fraction of sp³-hybridized carbons (Fsp3) is 0.294. The Morgan fingerprint density at radius 1 is 1.20 bits per heavy atom. The molecule has 1 aliphatic carbocycles. The summed E-state index contributed by atoms with van der Waals surface area (Å²) in [6.45, 7) is 4.75. The third-order valence-electron chi connectivity index (χ3n) is 4.06. The molecule has 0 fully saturated rings. The first kappa shape index (κ1) is 12.9. The zero-order valence-corrected chi connectivity index (χ0v) is 11.8. The van der Waals surface area contributed by atoms with Crippen LogP contribution in [0.1, 0.15) is 31.4 Å². The van der Waals surface area contributed by atoms with Gasteiger partial charge >= 0.3 is 0 Å². The monoisotopic (exact) mass is 266 g/mol. The highest BCUT2D eigenvalue weighted by molar-refractivity contribution is 5.99. The van der Waals surface area contributed by atoms with Gasteiger partial charge in [0.15, 0.2) is 0 Å². The fourth-order valence-corrected chi connectivity index (χ4v) is 2.95. The zero-order chi connectivity index (χ0) is 14.2. The molecule has 0 saturated carbocycles. The standard InChI is InChI=1S/C17H18N2O/c1-3-10-19-16(20)17(2)13-8-5-4-7-12(13)15-14(17)9-6-11-18-15/h4-9,11H,3,10H2,1-2H3,(H,19,20). The quantitative estimate of drug-likeness (QED) is 0.928. The van der Waals surface area contributed by atoms with Gasteiger partial charge in [-0.15, -0.1) is 0 Å². The summed E-state index contributed by atoms with van der Waals surface area (Å²) in [5, 5.41) is 3.03. The number of benzene rings is 1. The molecular weight excluding hydrogens is 248 g/mol. The molecule has 1 atom stereocenters. The number of hydrogen-bond donors (Lipinski definition) is 1. The van der Waals surface area contributed by atoms with Crippen molar-refractivity contribution in [2.75, 3.05) is 6.54 Å². The minimum atomic E-state index is -0.643. The molecule has 1 aromatic carbocycles. The molecule has 1 aromatic heterocycles. The first-order chi connectivity index (χ1) is 9.69. The molecule has 0 radical (unpaired) electrons. The highest BCUT2D eigenvalue weighted by Crippen LogP contribution is 2.47. The number of carbonyl (C=O) groups is 1. The minimum absolute atomic E-state index is 0.0542. The number of hydrogen-bond acceptors (Lipinski definition) is 2. The zero-order valence-electron chi connectivity index (χ0n) is 11.8. The summed E-state index contributed by atoms with van der Waals surface area (Å²) in [7, 11) is 0. The molecule has 1 heterocycles. The normalized spacial score (nSPS) is 19.3. The maximum Gasteiger partial charge on any atom is 0.234 e. The molecular formula is C17H18N2O. The molecule has 3 nitrogen and oxygen atoms in total. The number of nitrogens with zero attached hydrogens (tertiary/aromatic N) is 1. The second kappa shape index (κ2) is 4.75. The van der Waals surface area contributed by atoms with Crippen molar-refractivity contribution in [1.82, 2.24) is 10.3 Å². The predicted molar refractivity (Wildman–Crippen MR) is 79.4 cm³/mol. The predicted octanol–water partition coefficient (Wildman–Crippen LogP) is 2.89. The lowest BCUT2D eigenvalue weighted by Gasteiger charge is -2.25.